The van der Waals surface area contributed by atoms with E-state index in [0.29, 0.717) is 12.3 Å². The van der Waals surface area contributed by atoms with Crippen molar-refractivity contribution in [2.45, 2.75) is 71.6 Å². The summed E-state index contributed by atoms with van der Waals surface area (Å²) in [5.74, 6) is 1.63. The Morgan fingerprint density at radius 2 is 1.76 bits per heavy atom. The molecule has 2 N–H and O–H groups in total. The number of carbonyl (C=O) groups is 1. The van der Waals surface area contributed by atoms with E-state index in [1.54, 1.807) is 7.05 Å². The molecule has 2 rings (SSSR count). The third kappa shape index (κ3) is 8.20. The van der Waals surface area contributed by atoms with Gasteiger partial charge in [-0.15, -0.1) is 24.0 Å². The minimum absolute atomic E-state index is 0. The number of halogens is 1. The van der Waals surface area contributed by atoms with Gasteiger partial charge in [-0.3, -0.25) is 14.7 Å². The predicted molar refractivity (Wildman–Crippen MR) is 130 cm³/mol. The Labute approximate surface area is 194 Å². The average molecular weight is 524 g/mol. The van der Waals surface area contributed by atoms with Gasteiger partial charge in [0, 0.05) is 51.7 Å². The van der Waals surface area contributed by atoms with Crippen LogP contribution in [0, 0.1) is 5.92 Å². The van der Waals surface area contributed by atoms with E-state index in [1.165, 1.54) is 0 Å². The van der Waals surface area contributed by atoms with Crippen molar-refractivity contribution in [3.05, 3.63) is 0 Å². The molecule has 7 nitrogen and oxygen atoms in total. The first kappa shape index (κ1) is 26.4. The van der Waals surface area contributed by atoms with Crippen molar-refractivity contribution in [1.82, 2.24) is 20.4 Å². The smallest absolute Gasteiger partial charge is 0.220 e. The van der Waals surface area contributed by atoms with Gasteiger partial charge in [-0.1, -0.05) is 0 Å². The predicted octanol–water partition coefficient (Wildman–Crippen LogP) is 2.31. The second kappa shape index (κ2) is 12.3. The number of piperidine rings is 1. The molecule has 2 aliphatic heterocycles. The minimum atomic E-state index is -0.00942. The van der Waals surface area contributed by atoms with Gasteiger partial charge in [-0.25, -0.2) is 0 Å². The number of guanidine groups is 1. The van der Waals surface area contributed by atoms with Crippen molar-refractivity contribution in [3.8, 4) is 0 Å². The van der Waals surface area contributed by atoms with Crippen molar-refractivity contribution in [2.24, 2.45) is 10.9 Å². The third-order valence-electron chi connectivity index (χ3n) is 5.89. The molecule has 2 heterocycles. The van der Waals surface area contributed by atoms with Crippen LogP contribution in [0.15, 0.2) is 4.99 Å². The van der Waals surface area contributed by atoms with Crippen LogP contribution < -0.4 is 10.6 Å². The number of nitrogens with zero attached hydrogens (tertiary/aromatic N) is 3. The summed E-state index contributed by atoms with van der Waals surface area (Å²) in [5.41, 5.74) is -0.00942. The molecule has 0 aliphatic carbocycles. The molecule has 1 amide bonds. The lowest BCUT2D eigenvalue weighted by atomic mass is 9.93. The first-order chi connectivity index (χ1) is 13.2. The fourth-order valence-corrected chi connectivity index (χ4v) is 4.18. The van der Waals surface area contributed by atoms with Crippen LogP contribution in [-0.4, -0.2) is 85.7 Å². The molecule has 29 heavy (non-hydrogen) atoms. The minimum Gasteiger partial charge on any atom is -0.373 e. The maximum Gasteiger partial charge on any atom is 0.220 e. The maximum absolute atomic E-state index is 11.6. The molecule has 0 bridgehead atoms. The van der Waals surface area contributed by atoms with E-state index in [1.807, 2.05) is 0 Å². The van der Waals surface area contributed by atoms with Gasteiger partial charge >= 0.3 is 0 Å². The zero-order valence-corrected chi connectivity index (χ0v) is 21.5. The fourth-order valence-electron chi connectivity index (χ4n) is 4.18. The Hall–Kier alpha value is -0.610. The Balaban J connectivity index is 0.00000420. The summed E-state index contributed by atoms with van der Waals surface area (Å²) in [6.45, 7) is 16.4. The van der Waals surface area contributed by atoms with Gasteiger partial charge in [0.05, 0.1) is 18.8 Å². The Morgan fingerprint density at radius 3 is 2.28 bits per heavy atom. The quantitative estimate of drug-likeness (QED) is 0.318. The maximum atomic E-state index is 11.6. The number of aliphatic imine (C=N–C) groups is 1. The van der Waals surface area contributed by atoms with Crippen molar-refractivity contribution in [2.75, 3.05) is 46.3 Å². The summed E-state index contributed by atoms with van der Waals surface area (Å²) >= 11 is 0. The van der Waals surface area contributed by atoms with Crippen molar-refractivity contribution in [1.29, 1.82) is 0 Å². The Kier molecular flexibility index (Phi) is 11.2. The van der Waals surface area contributed by atoms with E-state index in [0.717, 1.165) is 58.1 Å². The number of nitrogens with one attached hydrogen (secondary N) is 2. The normalized spacial score (nSPS) is 24.8. The summed E-state index contributed by atoms with van der Waals surface area (Å²) in [6.07, 6.45) is 3.25. The zero-order valence-electron chi connectivity index (χ0n) is 19.2. The Morgan fingerprint density at radius 1 is 1.17 bits per heavy atom. The van der Waals surface area contributed by atoms with Crippen LogP contribution in [0.5, 0.6) is 0 Å². The number of amides is 1. The highest BCUT2D eigenvalue weighted by atomic mass is 127. The molecule has 8 heteroatoms. The highest BCUT2D eigenvalue weighted by molar-refractivity contribution is 14.0. The highest BCUT2D eigenvalue weighted by Crippen LogP contribution is 2.23. The number of carbonyl (C=O) groups excluding carboxylic acids is 1. The lowest BCUT2D eigenvalue weighted by molar-refractivity contribution is -0.121. The fraction of sp³-hybridized carbons (Fsp3) is 0.905. The van der Waals surface area contributed by atoms with Gasteiger partial charge in [0.25, 0.3) is 0 Å². The van der Waals surface area contributed by atoms with E-state index in [9.17, 15) is 4.79 Å². The molecular formula is C21H42IN5O2. The average Bonchev–Trinajstić information content (AvgIpc) is 2.65. The summed E-state index contributed by atoms with van der Waals surface area (Å²) in [5, 5.41) is 6.20. The largest absolute Gasteiger partial charge is 0.373 e. The van der Waals surface area contributed by atoms with Crippen LogP contribution in [0.4, 0.5) is 0 Å². The first-order valence-corrected chi connectivity index (χ1v) is 10.9. The first-order valence-electron chi connectivity index (χ1n) is 10.9. The third-order valence-corrected chi connectivity index (χ3v) is 5.89. The number of morpholine rings is 1. The van der Waals surface area contributed by atoms with Gasteiger partial charge in [0.1, 0.15) is 0 Å². The van der Waals surface area contributed by atoms with Gasteiger partial charge in [-0.2, -0.15) is 0 Å². The molecule has 170 valence electrons. The van der Waals surface area contributed by atoms with Gasteiger partial charge < -0.3 is 20.3 Å². The molecule has 2 atom stereocenters. The van der Waals surface area contributed by atoms with Crippen molar-refractivity contribution in [3.63, 3.8) is 0 Å². The SMILES string of the molecule is CCNC(=NCC(C)(C)N1CC(C)OC(C)C1)N1CCC(CC(=O)NC)CC1.I. The summed E-state index contributed by atoms with van der Waals surface area (Å²) in [7, 11) is 1.71. The second-order valence-corrected chi connectivity index (χ2v) is 8.95. The molecule has 0 spiro atoms. The van der Waals surface area contributed by atoms with E-state index >= 15 is 0 Å². The number of ether oxygens (including phenoxy) is 1. The molecule has 0 saturated carbocycles. The van der Waals surface area contributed by atoms with E-state index in [2.05, 4.69) is 55.1 Å². The molecule has 2 unspecified atom stereocenters. The van der Waals surface area contributed by atoms with Crippen molar-refractivity contribution < 1.29 is 9.53 Å². The molecule has 0 aromatic carbocycles. The highest BCUT2D eigenvalue weighted by Gasteiger charge is 2.33. The molecule has 2 fully saturated rings. The lowest BCUT2D eigenvalue weighted by Crippen LogP contribution is -2.56. The number of likely N-dealkylation sites (tertiary alicyclic amines) is 1. The topological polar surface area (TPSA) is 69.2 Å². The number of hydrogen-bond donors (Lipinski definition) is 2. The monoisotopic (exact) mass is 523 g/mol. The molecule has 2 saturated heterocycles. The van der Waals surface area contributed by atoms with Crippen LogP contribution >= 0.6 is 24.0 Å². The summed E-state index contributed by atoms with van der Waals surface area (Å²) < 4.78 is 5.89. The van der Waals surface area contributed by atoms with E-state index in [-0.39, 0.29) is 47.6 Å². The van der Waals surface area contributed by atoms with Crippen LogP contribution in [0.3, 0.4) is 0 Å². The lowest BCUT2D eigenvalue weighted by Gasteiger charge is -2.44. The zero-order chi connectivity index (χ0) is 20.7. The second-order valence-electron chi connectivity index (χ2n) is 8.95. The number of rotatable bonds is 6. The number of hydrogen-bond acceptors (Lipinski definition) is 4. The summed E-state index contributed by atoms with van der Waals surface area (Å²) in [4.78, 5) is 21.5. The molecule has 0 aromatic heterocycles. The molecular weight excluding hydrogens is 481 g/mol. The van der Waals surface area contributed by atoms with E-state index < -0.39 is 0 Å². The molecule has 0 radical (unpaired) electrons. The molecule has 2 aliphatic rings. The van der Waals surface area contributed by atoms with Crippen molar-refractivity contribution >= 4 is 35.8 Å². The van der Waals surface area contributed by atoms with Gasteiger partial charge in [-0.05, 0) is 53.4 Å². The molecule has 0 aromatic rings. The van der Waals surface area contributed by atoms with E-state index in [4.69, 9.17) is 9.73 Å². The van der Waals surface area contributed by atoms with Gasteiger partial charge in [0.15, 0.2) is 5.96 Å². The Bertz CT molecular complexity index is 525. The van der Waals surface area contributed by atoms with Crippen LogP contribution in [0.2, 0.25) is 0 Å². The van der Waals surface area contributed by atoms with Crippen LogP contribution in [-0.2, 0) is 9.53 Å². The van der Waals surface area contributed by atoms with Crippen LogP contribution in [0.1, 0.15) is 53.9 Å². The van der Waals surface area contributed by atoms with Crippen LogP contribution in [0.25, 0.3) is 0 Å². The summed E-state index contributed by atoms with van der Waals surface area (Å²) in [6, 6.07) is 0. The van der Waals surface area contributed by atoms with Gasteiger partial charge in [0.2, 0.25) is 5.91 Å². The standard InChI is InChI=1S/C21H41N5O2.HI/c1-7-23-20(25-10-8-18(9-11-25)12-19(27)22-6)24-15-21(4,5)26-13-16(2)28-17(3)14-26;/h16-18H,7-15H2,1-6H3,(H,22,27)(H,23,24);1H.